The van der Waals surface area contributed by atoms with Crippen molar-refractivity contribution >= 4 is 51.1 Å². The van der Waals surface area contributed by atoms with Gasteiger partial charge in [-0.05, 0) is 32.2 Å². The van der Waals surface area contributed by atoms with Crippen molar-refractivity contribution in [3.63, 3.8) is 0 Å². The predicted molar refractivity (Wildman–Crippen MR) is 138 cm³/mol. The van der Waals surface area contributed by atoms with E-state index in [2.05, 4.69) is 55.8 Å². The minimum atomic E-state index is -0.594. The highest BCUT2D eigenvalue weighted by molar-refractivity contribution is 14.1. The Morgan fingerprint density at radius 1 is 0.875 bits per heavy atom. The molecule has 0 radical (unpaired) electrons. The minimum absolute atomic E-state index is 0.0506. The standard InChI is InChI=1S/C20H34I2N4O6/c21-17-7-5-14(25(28)29)11-16(17)20(27)24-10-4-2-1-3-9-23-13-32-19-12-15(26(30)31)6-8-18(19)22/h14-19,23H,1-13H2,(H,24,27). The lowest BCUT2D eigenvalue weighted by Crippen LogP contribution is -2.42. The molecule has 184 valence electrons. The number of amides is 1. The fourth-order valence-corrected chi connectivity index (χ4v) is 6.16. The fraction of sp³-hybridized carbons (Fsp3) is 0.950. The van der Waals surface area contributed by atoms with E-state index in [0.717, 1.165) is 45.1 Å². The van der Waals surface area contributed by atoms with Crippen LogP contribution in [0.25, 0.3) is 0 Å². The van der Waals surface area contributed by atoms with E-state index >= 15 is 0 Å². The second-order valence-corrected chi connectivity index (χ2v) is 11.9. The van der Waals surface area contributed by atoms with E-state index in [1.165, 1.54) is 0 Å². The number of hydrogen-bond donors (Lipinski definition) is 2. The molecule has 0 aromatic heterocycles. The summed E-state index contributed by atoms with van der Waals surface area (Å²) in [4.78, 5) is 34.0. The first-order valence-electron chi connectivity index (χ1n) is 11.4. The average molecular weight is 680 g/mol. The molecule has 2 aliphatic rings. The van der Waals surface area contributed by atoms with E-state index in [9.17, 15) is 25.0 Å². The van der Waals surface area contributed by atoms with Gasteiger partial charge in [0.2, 0.25) is 18.0 Å². The zero-order valence-electron chi connectivity index (χ0n) is 18.3. The molecule has 6 unspecified atom stereocenters. The molecule has 10 nitrogen and oxygen atoms in total. The van der Waals surface area contributed by atoms with Crippen LogP contribution in [0.15, 0.2) is 0 Å². The second-order valence-electron chi connectivity index (χ2n) is 8.70. The maximum Gasteiger partial charge on any atom is 0.224 e. The van der Waals surface area contributed by atoms with E-state index in [0.29, 0.717) is 42.9 Å². The van der Waals surface area contributed by atoms with Crippen LogP contribution in [-0.2, 0) is 9.53 Å². The molecule has 0 spiro atoms. The summed E-state index contributed by atoms with van der Waals surface area (Å²) in [6, 6.07) is -1.08. The van der Waals surface area contributed by atoms with Gasteiger partial charge in [0.25, 0.3) is 0 Å². The van der Waals surface area contributed by atoms with Gasteiger partial charge in [-0.3, -0.25) is 30.3 Å². The first kappa shape index (κ1) is 27.9. The molecule has 2 aliphatic carbocycles. The molecule has 32 heavy (non-hydrogen) atoms. The molecule has 1 amide bonds. The summed E-state index contributed by atoms with van der Waals surface area (Å²) < 4.78 is 6.31. The monoisotopic (exact) mass is 680 g/mol. The van der Waals surface area contributed by atoms with Crippen molar-refractivity contribution < 1.29 is 19.4 Å². The number of nitrogens with zero attached hydrogens (tertiary/aromatic N) is 2. The van der Waals surface area contributed by atoms with Crippen molar-refractivity contribution in [1.82, 2.24) is 10.6 Å². The highest BCUT2D eigenvalue weighted by atomic mass is 127. The first-order valence-corrected chi connectivity index (χ1v) is 13.9. The number of nitrogens with one attached hydrogen (secondary N) is 2. The summed E-state index contributed by atoms with van der Waals surface area (Å²) in [5.41, 5.74) is 0. The summed E-state index contributed by atoms with van der Waals surface area (Å²) >= 11 is 4.57. The van der Waals surface area contributed by atoms with Crippen LogP contribution in [0.2, 0.25) is 0 Å². The van der Waals surface area contributed by atoms with Gasteiger partial charge < -0.3 is 10.1 Å². The van der Waals surface area contributed by atoms with Crippen molar-refractivity contribution in [2.45, 2.75) is 90.2 Å². The lowest BCUT2D eigenvalue weighted by atomic mass is 9.85. The third kappa shape index (κ3) is 9.49. The average Bonchev–Trinajstić information content (AvgIpc) is 2.75. The lowest BCUT2D eigenvalue weighted by Gasteiger charge is -2.29. The number of rotatable bonds is 13. The maximum absolute atomic E-state index is 12.4. The summed E-state index contributed by atoms with van der Waals surface area (Å²) in [7, 11) is 0. The van der Waals surface area contributed by atoms with Gasteiger partial charge in [0.05, 0.1) is 18.8 Å². The van der Waals surface area contributed by atoms with Gasteiger partial charge in [-0.15, -0.1) is 0 Å². The Balaban J connectivity index is 1.47. The molecule has 0 bridgehead atoms. The Labute approximate surface area is 216 Å². The van der Waals surface area contributed by atoms with Crippen LogP contribution in [0.4, 0.5) is 0 Å². The summed E-state index contributed by atoms with van der Waals surface area (Å²) in [6.07, 6.45) is 7.41. The van der Waals surface area contributed by atoms with Crippen LogP contribution < -0.4 is 10.6 Å². The zero-order valence-corrected chi connectivity index (χ0v) is 22.6. The van der Waals surface area contributed by atoms with Crippen molar-refractivity contribution in [2.75, 3.05) is 19.8 Å². The highest BCUT2D eigenvalue weighted by Gasteiger charge is 2.38. The lowest BCUT2D eigenvalue weighted by molar-refractivity contribution is -0.528. The van der Waals surface area contributed by atoms with Crippen molar-refractivity contribution in [1.29, 1.82) is 0 Å². The van der Waals surface area contributed by atoms with Gasteiger partial charge >= 0.3 is 0 Å². The van der Waals surface area contributed by atoms with E-state index in [4.69, 9.17) is 4.74 Å². The summed E-state index contributed by atoms with van der Waals surface area (Å²) in [6.45, 7) is 1.84. The van der Waals surface area contributed by atoms with Crippen LogP contribution in [0, 0.1) is 26.1 Å². The predicted octanol–water partition coefficient (Wildman–Crippen LogP) is 3.48. The van der Waals surface area contributed by atoms with Crippen LogP contribution >= 0.6 is 45.2 Å². The smallest absolute Gasteiger partial charge is 0.224 e. The van der Waals surface area contributed by atoms with Crippen LogP contribution in [-0.4, -0.2) is 61.6 Å². The Kier molecular flexibility index (Phi) is 12.9. The normalized spacial score (nSPS) is 30.6. The van der Waals surface area contributed by atoms with Gasteiger partial charge in [-0.1, -0.05) is 58.0 Å². The number of carbonyl (C=O) groups excluding carboxylic acids is 1. The number of unbranched alkanes of at least 4 members (excludes halogenated alkanes) is 3. The van der Waals surface area contributed by atoms with Gasteiger partial charge in [0.1, 0.15) is 0 Å². The third-order valence-corrected chi connectivity index (χ3v) is 9.25. The highest BCUT2D eigenvalue weighted by Crippen LogP contribution is 2.32. The molecule has 12 heteroatoms. The SMILES string of the molecule is O=C(NCCCCCCNCOC1CC([N+](=O)[O-])CCC1I)C1CC([N+](=O)[O-])CCC1I. The minimum Gasteiger partial charge on any atom is -0.362 e. The van der Waals surface area contributed by atoms with E-state index < -0.39 is 12.1 Å². The summed E-state index contributed by atoms with van der Waals surface area (Å²) in [5, 5.41) is 28.2. The van der Waals surface area contributed by atoms with Gasteiger partial charge in [0.15, 0.2) is 0 Å². The third-order valence-electron chi connectivity index (χ3n) is 6.33. The van der Waals surface area contributed by atoms with Crippen molar-refractivity contribution in [3.8, 4) is 0 Å². The Bertz CT molecular complexity index is 629. The van der Waals surface area contributed by atoms with E-state index in [1.807, 2.05) is 0 Å². The number of alkyl halides is 2. The van der Waals surface area contributed by atoms with E-state index in [-0.39, 0.29) is 31.7 Å². The van der Waals surface area contributed by atoms with Crippen molar-refractivity contribution in [2.24, 2.45) is 5.92 Å². The number of halogens is 2. The largest absolute Gasteiger partial charge is 0.362 e. The molecule has 2 saturated carbocycles. The number of carbonyl (C=O) groups is 1. The first-order chi connectivity index (χ1) is 15.3. The number of hydrogen-bond acceptors (Lipinski definition) is 7. The molecule has 0 saturated heterocycles. The van der Waals surface area contributed by atoms with Crippen LogP contribution in [0.5, 0.6) is 0 Å². The molecule has 0 aromatic carbocycles. The van der Waals surface area contributed by atoms with E-state index in [1.54, 1.807) is 0 Å². The maximum atomic E-state index is 12.4. The molecule has 2 fully saturated rings. The molecule has 0 aromatic rings. The van der Waals surface area contributed by atoms with Gasteiger partial charge in [-0.2, -0.15) is 0 Å². The zero-order chi connectivity index (χ0) is 23.5. The fourth-order valence-electron chi connectivity index (χ4n) is 4.32. The number of nitro groups is 2. The second kappa shape index (κ2) is 14.8. The Morgan fingerprint density at radius 2 is 1.47 bits per heavy atom. The van der Waals surface area contributed by atoms with Crippen LogP contribution in [0.3, 0.4) is 0 Å². The summed E-state index contributed by atoms with van der Waals surface area (Å²) in [5.74, 6) is -0.318. The molecular formula is C20H34I2N4O6. The van der Waals surface area contributed by atoms with Crippen molar-refractivity contribution in [3.05, 3.63) is 20.2 Å². The molecule has 2 rings (SSSR count). The quantitative estimate of drug-likeness (QED) is 0.0760. The van der Waals surface area contributed by atoms with Gasteiger partial charge in [-0.25, -0.2) is 0 Å². The molecular weight excluding hydrogens is 646 g/mol. The van der Waals surface area contributed by atoms with Gasteiger partial charge in [0, 0.05) is 49.9 Å². The Hall–Kier alpha value is -0.350. The topological polar surface area (TPSA) is 137 Å². The van der Waals surface area contributed by atoms with Crippen LogP contribution in [0.1, 0.15) is 64.2 Å². The molecule has 0 aliphatic heterocycles. The molecule has 0 heterocycles. The Morgan fingerprint density at radius 3 is 2.12 bits per heavy atom. The molecule has 2 N–H and O–H groups in total. The number of ether oxygens (including phenoxy) is 1. The molecule has 6 atom stereocenters.